The summed E-state index contributed by atoms with van der Waals surface area (Å²) in [6, 6.07) is 0. The summed E-state index contributed by atoms with van der Waals surface area (Å²) >= 11 is 0. The smallest absolute Gasteiger partial charge is 0 e. The van der Waals surface area contributed by atoms with Gasteiger partial charge >= 0.3 is 0 Å². The van der Waals surface area contributed by atoms with Crippen LogP contribution in [0.15, 0.2) is 0 Å². The Balaban J connectivity index is 0.000000250. The summed E-state index contributed by atoms with van der Waals surface area (Å²) in [5.41, 5.74) is 0. The third-order valence-electron chi connectivity index (χ3n) is 0.793. The van der Waals surface area contributed by atoms with E-state index in [1.54, 1.807) is 0 Å². The molecule has 0 aliphatic heterocycles. The molecule has 0 unspecified atom stereocenters. The minimum atomic E-state index is -0.167. The Hall–Kier alpha value is 0.514. The zero-order valence-corrected chi connectivity index (χ0v) is 4.84. The summed E-state index contributed by atoms with van der Waals surface area (Å²) in [5.74, 6) is 1.09. The van der Waals surface area contributed by atoms with Crippen LogP contribution in [-0.2, 0) is 18.6 Å². The molecule has 1 aliphatic rings. The SMILES string of the molecule is FC[C-]1CC1.[V]. The van der Waals surface area contributed by atoms with Crippen molar-refractivity contribution in [1.29, 1.82) is 0 Å². The quantitative estimate of drug-likeness (QED) is 0.462. The molecule has 0 bridgehead atoms. The molecular formula is C4H6FV-. The average Bonchev–Trinajstić information content (AvgIpc) is 2.12. The van der Waals surface area contributed by atoms with E-state index >= 15 is 0 Å². The van der Waals surface area contributed by atoms with Crippen LogP contribution < -0.4 is 0 Å². The van der Waals surface area contributed by atoms with Gasteiger partial charge in [0.15, 0.2) is 0 Å². The molecule has 0 N–H and O–H groups in total. The summed E-state index contributed by atoms with van der Waals surface area (Å²) in [6.07, 6.45) is 2.10. The van der Waals surface area contributed by atoms with Crippen molar-refractivity contribution >= 4 is 0 Å². The van der Waals surface area contributed by atoms with Crippen molar-refractivity contribution in [3.05, 3.63) is 5.92 Å². The Morgan fingerprint density at radius 2 is 2.00 bits per heavy atom. The van der Waals surface area contributed by atoms with Gasteiger partial charge in [-0.3, -0.25) is 10.3 Å². The van der Waals surface area contributed by atoms with Crippen LogP contribution >= 0.6 is 0 Å². The van der Waals surface area contributed by atoms with E-state index in [0.29, 0.717) is 0 Å². The van der Waals surface area contributed by atoms with Crippen molar-refractivity contribution in [3.63, 3.8) is 0 Å². The Morgan fingerprint density at radius 1 is 1.50 bits per heavy atom. The molecule has 0 aromatic carbocycles. The second kappa shape index (κ2) is 2.65. The first kappa shape index (κ1) is 6.51. The summed E-state index contributed by atoms with van der Waals surface area (Å²) < 4.78 is 11.1. The molecule has 0 heterocycles. The third-order valence-corrected chi connectivity index (χ3v) is 0.793. The first-order valence-corrected chi connectivity index (χ1v) is 1.83. The molecule has 2 heteroatoms. The van der Waals surface area contributed by atoms with E-state index in [1.807, 2.05) is 0 Å². The molecule has 0 aromatic heterocycles. The second-order valence-corrected chi connectivity index (χ2v) is 1.38. The van der Waals surface area contributed by atoms with Crippen molar-refractivity contribution in [3.8, 4) is 0 Å². The van der Waals surface area contributed by atoms with Gasteiger partial charge in [-0.2, -0.15) is 0 Å². The first-order chi connectivity index (χ1) is 2.43. The molecular weight excluding hydrogens is 118 g/mol. The molecule has 0 aromatic rings. The largest absolute Gasteiger partial charge is 0.288 e. The van der Waals surface area contributed by atoms with Crippen LogP contribution in [0.4, 0.5) is 4.39 Å². The maximum absolute atomic E-state index is 11.1. The third kappa shape index (κ3) is 1.83. The van der Waals surface area contributed by atoms with Crippen LogP contribution in [-0.4, -0.2) is 6.67 Å². The van der Waals surface area contributed by atoms with Crippen molar-refractivity contribution < 1.29 is 22.9 Å². The Morgan fingerprint density at radius 3 is 2.00 bits per heavy atom. The van der Waals surface area contributed by atoms with E-state index in [9.17, 15) is 4.39 Å². The molecule has 0 saturated heterocycles. The van der Waals surface area contributed by atoms with E-state index < -0.39 is 0 Å². The summed E-state index contributed by atoms with van der Waals surface area (Å²) in [5, 5.41) is 0. The van der Waals surface area contributed by atoms with Gasteiger partial charge in [0.2, 0.25) is 0 Å². The predicted octanol–water partition coefficient (Wildman–Crippen LogP) is 1.32. The second-order valence-electron chi connectivity index (χ2n) is 1.38. The number of alkyl halides is 1. The van der Waals surface area contributed by atoms with Crippen molar-refractivity contribution in [2.45, 2.75) is 12.8 Å². The average molecular weight is 124 g/mol. The number of halogens is 1. The van der Waals surface area contributed by atoms with E-state index in [-0.39, 0.29) is 25.2 Å². The van der Waals surface area contributed by atoms with E-state index in [2.05, 4.69) is 0 Å². The van der Waals surface area contributed by atoms with Gasteiger partial charge < -0.3 is 0 Å². The summed E-state index contributed by atoms with van der Waals surface area (Å²) in [7, 11) is 0. The maximum Gasteiger partial charge on any atom is 0 e. The molecule has 0 nitrogen and oxygen atoms in total. The zero-order chi connectivity index (χ0) is 3.70. The van der Waals surface area contributed by atoms with Crippen LogP contribution in [0.5, 0.6) is 0 Å². The number of hydrogen-bond acceptors (Lipinski definition) is 0. The monoisotopic (exact) mass is 124 g/mol. The predicted molar refractivity (Wildman–Crippen MR) is 18.5 cm³/mol. The van der Waals surface area contributed by atoms with Gasteiger partial charge in [-0.25, -0.2) is 12.8 Å². The fourth-order valence-corrected chi connectivity index (χ4v) is 0.222. The van der Waals surface area contributed by atoms with Crippen LogP contribution in [0.3, 0.4) is 0 Å². The Bertz CT molecular complexity index is 34.5. The summed E-state index contributed by atoms with van der Waals surface area (Å²) in [4.78, 5) is 0. The summed E-state index contributed by atoms with van der Waals surface area (Å²) in [6.45, 7) is -0.167. The Labute approximate surface area is 49.0 Å². The van der Waals surface area contributed by atoms with E-state index in [1.165, 1.54) is 0 Å². The number of rotatable bonds is 1. The molecule has 6 heavy (non-hydrogen) atoms. The molecule has 1 rings (SSSR count). The standard InChI is InChI=1S/C4H6F.V/c5-3-4-1-2-4;/h1-3H2;/q-1;. The van der Waals surface area contributed by atoms with Crippen LogP contribution in [0, 0.1) is 5.92 Å². The minimum absolute atomic E-state index is 0. The van der Waals surface area contributed by atoms with Crippen LogP contribution in [0.1, 0.15) is 12.8 Å². The van der Waals surface area contributed by atoms with Crippen molar-refractivity contribution in [2.75, 3.05) is 6.67 Å². The molecule has 0 spiro atoms. The fraction of sp³-hybridized carbons (Fsp3) is 0.750. The van der Waals surface area contributed by atoms with Gasteiger partial charge in [0.05, 0.1) is 0 Å². The number of hydrogen-bond donors (Lipinski definition) is 0. The molecule has 1 aliphatic carbocycles. The van der Waals surface area contributed by atoms with Gasteiger partial charge in [0.1, 0.15) is 0 Å². The van der Waals surface area contributed by atoms with Gasteiger partial charge in [-0.1, -0.05) is 0 Å². The fourth-order valence-electron chi connectivity index (χ4n) is 0.222. The van der Waals surface area contributed by atoms with Crippen LogP contribution in [0.25, 0.3) is 0 Å². The molecule has 1 saturated carbocycles. The molecule has 0 amide bonds. The Kier molecular flexibility index (Phi) is 2.88. The molecule has 1 fully saturated rings. The van der Waals surface area contributed by atoms with Gasteiger partial charge in [0, 0.05) is 18.6 Å². The molecule has 35 valence electrons. The van der Waals surface area contributed by atoms with Crippen molar-refractivity contribution in [1.82, 2.24) is 0 Å². The van der Waals surface area contributed by atoms with Crippen molar-refractivity contribution in [2.24, 2.45) is 0 Å². The maximum atomic E-state index is 11.1. The van der Waals surface area contributed by atoms with Gasteiger partial charge in [-0.15, -0.1) is 0 Å². The molecule has 1 radical (unpaired) electrons. The minimum Gasteiger partial charge on any atom is -0.288 e. The van der Waals surface area contributed by atoms with Gasteiger partial charge in [0.25, 0.3) is 0 Å². The molecule has 0 atom stereocenters. The van der Waals surface area contributed by atoms with Gasteiger partial charge in [-0.05, 0) is 6.67 Å². The zero-order valence-electron chi connectivity index (χ0n) is 3.45. The van der Waals surface area contributed by atoms with Crippen LogP contribution in [0.2, 0.25) is 0 Å². The first-order valence-electron chi connectivity index (χ1n) is 1.83. The topological polar surface area (TPSA) is 0 Å². The van der Waals surface area contributed by atoms with E-state index in [4.69, 9.17) is 0 Å². The normalized spacial score (nSPS) is 19.5. The van der Waals surface area contributed by atoms with E-state index in [0.717, 1.165) is 18.8 Å².